The summed E-state index contributed by atoms with van der Waals surface area (Å²) in [7, 11) is 0. The molecule has 0 fully saturated rings. The number of aromatic nitrogens is 1. The molecule has 0 unspecified atom stereocenters. The number of hydrogen-bond acceptors (Lipinski definition) is 4. The highest BCUT2D eigenvalue weighted by Crippen LogP contribution is 2.30. The number of anilines is 1. The van der Waals surface area contributed by atoms with Gasteiger partial charge in [0.2, 0.25) is 5.91 Å². The third-order valence-corrected chi connectivity index (χ3v) is 3.55. The van der Waals surface area contributed by atoms with Crippen molar-refractivity contribution in [3.63, 3.8) is 0 Å². The molecule has 8 heteroatoms. The fourth-order valence-corrected chi connectivity index (χ4v) is 2.39. The minimum Gasteiger partial charge on any atom is -0.375 e. The van der Waals surface area contributed by atoms with Crippen LogP contribution < -0.4 is 5.73 Å². The van der Waals surface area contributed by atoms with Gasteiger partial charge < -0.3 is 10.6 Å². The predicted octanol–water partition coefficient (Wildman–Crippen LogP) is 1.99. The molecular formula is C11H12F3N3OS. The average molecular weight is 291 g/mol. The lowest BCUT2D eigenvalue weighted by atomic mass is 10.1. The highest BCUT2D eigenvalue weighted by molar-refractivity contribution is 7.13. The lowest BCUT2D eigenvalue weighted by molar-refractivity contribution is -0.131. The number of carbonyl (C=O) groups excluding carboxylic acids is 1. The van der Waals surface area contributed by atoms with E-state index in [-0.39, 0.29) is 31.8 Å². The van der Waals surface area contributed by atoms with E-state index in [9.17, 15) is 18.0 Å². The molecule has 0 atom stereocenters. The summed E-state index contributed by atoms with van der Waals surface area (Å²) >= 11 is 1.23. The van der Waals surface area contributed by atoms with Crippen LogP contribution in [0.25, 0.3) is 0 Å². The summed E-state index contributed by atoms with van der Waals surface area (Å²) < 4.78 is 37.3. The normalized spacial score (nSPS) is 16.4. The van der Waals surface area contributed by atoms with Crippen LogP contribution in [0.3, 0.4) is 0 Å². The maximum absolute atomic E-state index is 12.4. The Bertz CT molecular complexity index is 510. The van der Waals surface area contributed by atoms with Crippen LogP contribution in [0.2, 0.25) is 0 Å². The number of halogens is 3. The fourth-order valence-electron chi connectivity index (χ4n) is 1.82. The highest BCUT2D eigenvalue weighted by atomic mass is 32.1. The second-order valence-corrected chi connectivity index (χ2v) is 5.06. The number of nitrogens with zero attached hydrogens (tertiary/aromatic N) is 2. The zero-order chi connectivity index (χ0) is 14.0. The summed E-state index contributed by atoms with van der Waals surface area (Å²) in [6, 6.07) is 0. The molecule has 1 aromatic rings. The van der Waals surface area contributed by atoms with Crippen LogP contribution in [0.15, 0.2) is 17.0 Å². The zero-order valence-electron chi connectivity index (χ0n) is 9.91. The predicted molar refractivity (Wildman–Crippen MR) is 65.6 cm³/mol. The Hall–Kier alpha value is -1.57. The maximum Gasteiger partial charge on any atom is 0.412 e. The topological polar surface area (TPSA) is 59.2 Å². The molecule has 1 amide bonds. The molecule has 104 valence electrons. The van der Waals surface area contributed by atoms with Gasteiger partial charge in [0.05, 0.1) is 12.1 Å². The Morgan fingerprint density at radius 1 is 1.53 bits per heavy atom. The van der Waals surface area contributed by atoms with Gasteiger partial charge in [0.25, 0.3) is 0 Å². The molecule has 0 bridgehead atoms. The third-order valence-electron chi connectivity index (χ3n) is 2.83. The SMILES string of the molecule is Nc1nc(CC(=O)N2CC=C(C(F)(F)F)CC2)cs1. The Balaban J connectivity index is 1.94. The number of hydrogen-bond donors (Lipinski definition) is 1. The van der Waals surface area contributed by atoms with Crippen LogP contribution in [-0.2, 0) is 11.2 Å². The Kier molecular flexibility index (Phi) is 3.79. The smallest absolute Gasteiger partial charge is 0.375 e. The Labute approximate surface area is 111 Å². The van der Waals surface area contributed by atoms with Crippen molar-refractivity contribution in [2.24, 2.45) is 0 Å². The number of thiazole rings is 1. The molecule has 2 heterocycles. The van der Waals surface area contributed by atoms with Gasteiger partial charge in [0.1, 0.15) is 0 Å². The van der Waals surface area contributed by atoms with E-state index < -0.39 is 11.7 Å². The molecule has 1 aromatic heterocycles. The van der Waals surface area contributed by atoms with Gasteiger partial charge >= 0.3 is 6.18 Å². The highest BCUT2D eigenvalue weighted by Gasteiger charge is 2.35. The molecule has 0 saturated carbocycles. The Morgan fingerprint density at radius 2 is 2.26 bits per heavy atom. The van der Waals surface area contributed by atoms with Crippen LogP contribution >= 0.6 is 11.3 Å². The van der Waals surface area contributed by atoms with Gasteiger partial charge in [-0.15, -0.1) is 11.3 Å². The quantitative estimate of drug-likeness (QED) is 0.848. The summed E-state index contributed by atoms with van der Waals surface area (Å²) in [5.41, 5.74) is 5.44. The van der Waals surface area contributed by atoms with Crippen molar-refractivity contribution < 1.29 is 18.0 Å². The molecule has 1 aliphatic rings. The summed E-state index contributed by atoms with van der Waals surface area (Å²) in [6.45, 7) is 0.0804. The van der Waals surface area contributed by atoms with Crippen molar-refractivity contribution in [1.29, 1.82) is 0 Å². The van der Waals surface area contributed by atoms with Gasteiger partial charge in [-0.25, -0.2) is 4.98 Å². The average Bonchev–Trinajstić information content (AvgIpc) is 2.74. The van der Waals surface area contributed by atoms with Crippen molar-refractivity contribution in [3.05, 3.63) is 22.7 Å². The second kappa shape index (κ2) is 5.20. The second-order valence-electron chi connectivity index (χ2n) is 4.17. The fraction of sp³-hybridized carbons (Fsp3) is 0.455. The van der Waals surface area contributed by atoms with Gasteiger partial charge in [-0.3, -0.25) is 4.79 Å². The van der Waals surface area contributed by atoms with Crippen molar-refractivity contribution in [3.8, 4) is 0 Å². The third kappa shape index (κ3) is 3.46. The van der Waals surface area contributed by atoms with Crippen molar-refractivity contribution >= 4 is 22.4 Å². The van der Waals surface area contributed by atoms with Crippen LogP contribution in [-0.4, -0.2) is 35.1 Å². The summed E-state index contributed by atoms with van der Waals surface area (Å²) in [5, 5.41) is 2.05. The largest absolute Gasteiger partial charge is 0.412 e. The summed E-state index contributed by atoms with van der Waals surface area (Å²) in [6.07, 6.45) is -3.31. The van der Waals surface area contributed by atoms with Gasteiger partial charge in [-0.05, 0) is 6.42 Å². The first-order valence-electron chi connectivity index (χ1n) is 5.60. The number of alkyl halides is 3. The van der Waals surface area contributed by atoms with Crippen LogP contribution in [0.4, 0.5) is 18.3 Å². The van der Waals surface area contributed by atoms with Crippen LogP contribution in [0.1, 0.15) is 12.1 Å². The zero-order valence-corrected chi connectivity index (χ0v) is 10.7. The molecule has 0 radical (unpaired) electrons. The number of amides is 1. The lowest BCUT2D eigenvalue weighted by Crippen LogP contribution is -2.37. The van der Waals surface area contributed by atoms with E-state index in [1.54, 1.807) is 5.38 Å². The molecule has 0 saturated heterocycles. The summed E-state index contributed by atoms with van der Waals surface area (Å²) in [4.78, 5) is 17.2. The standard InChI is InChI=1S/C11H12F3N3OS/c12-11(13,14)7-1-3-17(4-2-7)9(18)5-8-6-19-10(15)16-8/h1,6H,2-5H2,(H2,15,16). The van der Waals surface area contributed by atoms with Gasteiger partial charge in [0, 0.05) is 24.0 Å². The van der Waals surface area contributed by atoms with Crippen molar-refractivity contribution in [2.75, 3.05) is 18.8 Å². The number of carbonyl (C=O) groups is 1. The van der Waals surface area contributed by atoms with E-state index in [2.05, 4.69) is 4.98 Å². The monoisotopic (exact) mass is 291 g/mol. The molecular weight excluding hydrogens is 279 g/mol. The number of rotatable bonds is 2. The van der Waals surface area contributed by atoms with Gasteiger partial charge in [-0.2, -0.15) is 13.2 Å². The molecule has 0 spiro atoms. The minimum absolute atomic E-state index is 0.00665. The van der Waals surface area contributed by atoms with E-state index in [0.717, 1.165) is 6.08 Å². The molecule has 19 heavy (non-hydrogen) atoms. The van der Waals surface area contributed by atoms with Gasteiger partial charge in [0.15, 0.2) is 5.13 Å². The van der Waals surface area contributed by atoms with Crippen LogP contribution in [0.5, 0.6) is 0 Å². The van der Waals surface area contributed by atoms with E-state index in [4.69, 9.17) is 5.73 Å². The molecule has 2 rings (SSSR count). The van der Waals surface area contributed by atoms with Crippen LogP contribution in [0, 0.1) is 0 Å². The molecule has 4 nitrogen and oxygen atoms in total. The van der Waals surface area contributed by atoms with E-state index >= 15 is 0 Å². The molecule has 0 aliphatic carbocycles. The van der Waals surface area contributed by atoms with Crippen molar-refractivity contribution in [2.45, 2.75) is 19.0 Å². The van der Waals surface area contributed by atoms with Crippen molar-refractivity contribution in [1.82, 2.24) is 9.88 Å². The van der Waals surface area contributed by atoms with E-state index in [0.29, 0.717) is 10.8 Å². The lowest BCUT2D eigenvalue weighted by Gasteiger charge is -2.27. The van der Waals surface area contributed by atoms with E-state index in [1.807, 2.05) is 0 Å². The first kappa shape index (κ1) is 13.9. The van der Waals surface area contributed by atoms with Gasteiger partial charge in [-0.1, -0.05) is 6.08 Å². The summed E-state index contributed by atoms with van der Waals surface area (Å²) in [5.74, 6) is -0.234. The van der Waals surface area contributed by atoms with E-state index in [1.165, 1.54) is 16.2 Å². The first-order chi connectivity index (χ1) is 8.86. The molecule has 2 N–H and O–H groups in total. The first-order valence-corrected chi connectivity index (χ1v) is 6.48. The minimum atomic E-state index is -4.29. The Morgan fingerprint density at radius 3 is 2.74 bits per heavy atom. The molecule has 0 aromatic carbocycles. The molecule has 1 aliphatic heterocycles. The number of nitrogens with two attached hydrogens (primary N) is 1. The maximum atomic E-state index is 12.4. The number of nitrogen functional groups attached to an aromatic ring is 1.